The molecule has 0 aliphatic carbocycles. The van der Waals surface area contributed by atoms with Crippen molar-refractivity contribution in [1.29, 1.82) is 0 Å². The van der Waals surface area contributed by atoms with Crippen molar-refractivity contribution < 1.29 is 13.2 Å². The highest BCUT2D eigenvalue weighted by Crippen LogP contribution is 2.17. The Morgan fingerprint density at radius 2 is 1.74 bits per heavy atom. The molecule has 1 saturated heterocycles. The van der Waals surface area contributed by atoms with E-state index in [-0.39, 0.29) is 11.6 Å². The summed E-state index contributed by atoms with van der Waals surface area (Å²) in [5.74, 6) is -2.84. The van der Waals surface area contributed by atoms with Crippen molar-refractivity contribution in [1.82, 2.24) is 10.2 Å². The van der Waals surface area contributed by atoms with Crippen LogP contribution in [-0.4, -0.2) is 30.6 Å². The maximum Gasteiger partial charge on any atom is 0.161 e. The van der Waals surface area contributed by atoms with Crippen molar-refractivity contribution >= 4 is 0 Å². The van der Waals surface area contributed by atoms with E-state index >= 15 is 0 Å². The summed E-state index contributed by atoms with van der Waals surface area (Å²) in [5, 5.41) is 3.32. The van der Waals surface area contributed by atoms with Crippen LogP contribution in [0.25, 0.3) is 0 Å². The van der Waals surface area contributed by atoms with Crippen LogP contribution in [0.1, 0.15) is 11.1 Å². The van der Waals surface area contributed by atoms with Gasteiger partial charge in [0.05, 0.1) is 0 Å². The fraction of sp³-hybridized carbons (Fsp3) is 0.333. The second-order valence-corrected chi connectivity index (χ2v) is 5.93. The number of nitrogens with one attached hydrogen (secondary N) is 1. The molecular formula is C18H19F3N2. The first-order valence-electron chi connectivity index (χ1n) is 7.75. The molecule has 23 heavy (non-hydrogen) atoms. The molecule has 0 aromatic heterocycles. The van der Waals surface area contributed by atoms with Gasteiger partial charge in [0.15, 0.2) is 11.6 Å². The van der Waals surface area contributed by atoms with Gasteiger partial charge in [-0.15, -0.1) is 0 Å². The highest BCUT2D eigenvalue weighted by molar-refractivity contribution is 5.21. The molecule has 0 bridgehead atoms. The van der Waals surface area contributed by atoms with Gasteiger partial charge in [-0.2, -0.15) is 0 Å². The molecule has 5 heteroatoms. The molecule has 0 spiro atoms. The second kappa shape index (κ2) is 7.15. The molecule has 2 aromatic rings. The van der Waals surface area contributed by atoms with E-state index in [1.165, 1.54) is 5.56 Å². The SMILES string of the molecule is Fc1cc(F)c(C[C@@H]2CN(Cc3ccccc3)CCN2)cc1F. The van der Waals surface area contributed by atoms with Gasteiger partial charge < -0.3 is 5.32 Å². The molecule has 2 nitrogen and oxygen atoms in total. The van der Waals surface area contributed by atoms with Gasteiger partial charge in [-0.1, -0.05) is 30.3 Å². The summed E-state index contributed by atoms with van der Waals surface area (Å²) in [7, 11) is 0. The number of hydrogen-bond acceptors (Lipinski definition) is 2. The molecule has 2 aromatic carbocycles. The lowest BCUT2D eigenvalue weighted by Gasteiger charge is -2.34. The van der Waals surface area contributed by atoms with Crippen LogP contribution in [0.2, 0.25) is 0 Å². The van der Waals surface area contributed by atoms with Crippen LogP contribution < -0.4 is 5.32 Å². The van der Waals surface area contributed by atoms with E-state index < -0.39 is 17.5 Å². The van der Waals surface area contributed by atoms with Crippen LogP contribution >= 0.6 is 0 Å². The highest BCUT2D eigenvalue weighted by Gasteiger charge is 2.21. The third-order valence-corrected chi connectivity index (χ3v) is 4.14. The lowest BCUT2D eigenvalue weighted by Crippen LogP contribution is -2.51. The maximum atomic E-state index is 13.8. The monoisotopic (exact) mass is 320 g/mol. The largest absolute Gasteiger partial charge is 0.311 e. The Labute approximate surface area is 133 Å². The van der Waals surface area contributed by atoms with E-state index in [2.05, 4.69) is 22.3 Å². The van der Waals surface area contributed by atoms with E-state index in [0.717, 1.165) is 32.2 Å². The van der Waals surface area contributed by atoms with Gasteiger partial charge in [0.1, 0.15) is 5.82 Å². The first kappa shape index (κ1) is 16.0. The number of benzene rings is 2. The van der Waals surface area contributed by atoms with Gasteiger partial charge in [0, 0.05) is 38.3 Å². The molecule has 0 unspecified atom stereocenters. The van der Waals surface area contributed by atoms with Gasteiger partial charge in [-0.05, 0) is 23.6 Å². The minimum Gasteiger partial charge on any atom is -0.311 e. The molecule has 1 aliphatic rings. The highest BCUT2D eigenvalue weighted by atomic mass is 19.2. The third-order valence-electron chi connectivity index (χ3n) is 4.14. The van der Waals surface area contributed by atoms with Crippen LogP contribution in [0.5, 0.6) is 0 Å². The Bertz CT molecular complexity index is 661. The second-order valence-electron chi connectivity index (χ2n) is 5.93. The first-order valence-corrected chi connectivity index (χ1v) is 7.75. The molecule has 122 valence electrons. The van der Waals surface area contributed by atoms with Crippen molar-refractivity contribution in [2.24, 2.45) is 0 Å². The van der Waals surface area contributed by atoms with Crippen molar-refractivity contribution in [2.75, 3.05) is 19.6 Å². The zero-order chi connectivity index (χ0) is 16.2. The minimum atomic E-state index is -1.14. The maximum absolute atomic E-state index is 13.8. The number of nitrogens with zero attached hydrogens (tertiary/aromatic N) is 1. The molecule has 1 aliphatic heterocycles. The summed E-state index contributed by atoms with van der Waals surface area (Å²) >= 11 is 0. The minimum absolute atomic E-state index is 0.0202. The van der Waals surface area contributed by atoms with Crippen LogP contribution in [0.15, 0.2) is 42.5 Å². The number of piperazine rings is 1. The Balaban J connectivity index is 1.64. The summed E-state index contributed by atoms with van der Waals surface area (Å²) in [4.78, 5) is 2.29. The molecule has 1 N–H and O–H groups in total. The average molecular weight is 320 g/mol. The number of rotatable bonds is 4. The van der Waals surface area contributed by atoms with Gasteiger partial charge >= 0.3 is 0 Å². The van der Waals surface area contributed by atoms with Gasteiger partial charge in [0.25, 0.3) is 0 Å². The van der Waals surface area contributed by atoms with Crippen molar-refractivity contribution in [2.45, 2.75) is 19.0 Å². The van der Waals surface area contributed by atoms with Crippen LogP contribution in [-0.2, 0) is 13.0 Å². The predicted octanol–water partition coefficient (Wildman–Crippen LogP) is 3.12. The van der Waals surface area contributed by atoms with Crippen LogP contribution in [0.4, 0.5) is 13.2 Å². The summed E-state index contributed by atoms with van der Waals surface area (Å²) in [6, 6.07) is 11.7. The summed E-state index contributed by atoms with van der Waals surface area (Å²) in [5.41, 5.74) is 1.44. The van der Waals surface area contributed by atoms with Crippen molar-refractivity contribution in [3.63, 3.8) is 0 Å². The molecule has 1 fully saturated rings. The van der Waals surface area contributed by atoms with E-state index in [1.807, 2.05) is 18.2 Å². The van der Waals surface area contributed by atoms with E-state index in [4.69, 9.17) is 0 Å². The summed E-state index contributed by atoms with van der Waals surface area (Å²) < 4.78 is 40.1. The lowest BCUT2D eigenvalue weighted by atomic mass is 10.0. The normalized spacial score (nSPS) is 19.0. The summed E-state index contributed by atoms with van der Waals surface area (Å²) in [6.07, 6.45) is 0.342. The van der Waals surface area contributed by atoms with Gasteiger partial charge in [0.2, 0.25) is 0 Å². The standard InChI is InChI=1S/C18H19F3N2/c19-16-10-18(21)17(20)9-14(16)8-15-12-23(7-6-22-15)11-13-4-2-1-3-5-13/h1-5,9-10,15,22H,6-8,11-12H2/t15-/m1/s1. The Morgan fingerprint density at radius 1 is 1.00 bits per heavy atom. The Kier molecular flexibility index (Phi) is 4.98. The fourth-order valence-electron chi connectivity index (χ4n) is 3.00. The third kappa shape index (κ3) is 4.12. The molecule has 3 rings (SSSR count). The molecule has 0 saturated carbocycles. The number of hydrogen-bond donors (Lipinski definition) is 1. The topological polar surface area (TPSA) is 15.3 Å². The molecule has 1 atom stereocenters. The molecule has 0 amide bonds. The Hall–Kier alpha value is -1.85. The van der Waals surface area contributed by atoms with Crippen molar-refractivity contribution in [3.05, 3.63) is 71.0 Å². The van der Waals surface area contributed by atoms with E-state index in [1.54, 1.807) is 0 Å². The van der Waals surface area contributed by atoms with Gasteiger partial charge in [-0.3, -0.25) is 4.90 Å². The van der Waals surface area contributed by atoms with Crippen molar-refractivity contribution in [3.8, 4) is 0 Å². The lowest BCUT2D eigenvalue weighted by molar-refractivity contribution is 0.191. The fourth-order valence-corrected chi connectivity index (χ4v) is 3.00. The smallest absolute Gasteiger partial charge is 0.161 e. The van der Waals surface area contributed by atoms with E-state index in [9.17, 15) is 13.2 Å². The Morgan fingerprint density at radius 3 is 2.52 bits per heavy atom. The van der Waals surface area contributed by atoms with Gasteiger partial charge in [-0.25, -0.2) is 13.2 Å². The van der Waals surface area contributed by atoms with Crippen LogP contribution in [0.3, 0.4) is 0 Å². The summed E-state index contributed by atoms with van der Waals surface area (Å²) in [6.45, 7) is 3.28. The molecular weight excluding hydrogens is 301 g/mol. The zero-order valence-electron chi connectivity index (χ0n) is 12.7. The number of halogens is 3. The zero-order valence-corrected chi connectivity index (χ0v) is 12.7. The van der Waals surface area contributed by atoms with Crippen LogP contribution in [0, 0.1) is 17.5 Å². The molecule has 1 heterocycles. The predicted molar refractivity (Wildman–Crippen MR) is 83.5 cm³/mol. The first-order chi connectivity index (χ1) is 11.1. The van der Waals surface area contributed by atoms with E-state index in [0.29, 0.717) is 12.5 Å². The molecule has 0 radical (unpaired) electrons. The average Bonchev–Trinajstić information content (AvgIpc) is 2.54. The quantitative estimate of drug-likeness (QED) is 0.871.